The number of carbonyl (C=O) groups is 1. The fourth-order valence-electron chi connectivity index (χ4n) is 4.26. The van der Waals surface area contributed by atoms with E-state index in [1.54, 1.807) is 17.0 Å². The van der Waals surface area contributed by atoms with Crippen LogP contribution in [-0.2, 0) is 0 Å². The van der Waals surface area contributed by atoms with Crippen molar-refractivity contribution in [3.63, 3.8) is 0 Å². The Labute approximate surface area is 191 Å². The number of halogens is 1. The summed E-state index contributed by atoms with van der Waals surface area (Å²) in [6, 6.07) is 5.01. The second kappa shape index (κ2) is 9.25. The summed E-state index contributed by atoms with van der Waals surface area (Å²) in [5, 5.41) is 15.3. The number of hydrogen-bond acceptors (Lipinski definition) is 8. The number of anilines is 2. The highest BCUT2D eigenvalue weighted by Crippen LogP contribution is 2.33. The zero-order valence-electron chi connectivity index (χ0n) is 18.1. The van der Waals surface area contributed by atoms with Crippen molar-refractivity contribution in [1.82, 2.24) is 19.8 Å². The van der Waals surface area contributed by atoms with Crippen molar-refractivity contribution < 1.29 is 9.72 Å². The third-order valence-corrected chi connectivity index (χ3v) is 6.28. The van der Waals surface area contributed by atoms with Crippen molar-refractivity contribution in [2.24, 2.45) is 0 Å². The van der Waals surface area contributed by atoms with Gasteiger partial charge in [0.15, 0.2) is 0 Å². The zero-order chi connectivity index (χ0) is 22.8. The summed E-state index contributed by atoms with van der Waals surface area (Å²) in [6.07, 6.45) is 4.72. The van der Waals surface area contributed by atoms with Gasteiger partial charge in [-0.05, 0) is 39.1 Å². The normalized spacial score (nSPS) is 20.8. The van der Waals surface area contributed by atoms with Crippen LogP contribution in [0.3, 0.4) is 0 Å². The van der Waals surface area contributed by atoms with E-state index in [1.165, 1.54) is 18.5 Å². The van der Waals surface area contributed by atoms with E-state index < -0.39 is 0 Å². The second-order valence-corrected chi connectivity index (χ2v) is 8.86. The largest absolute Gasteiger partial charge is 0.364 e. The van der Waals surface area contributed by atoms with Crippen molar-refractivity contribution in [1.29, 1.82) is 0 Å². The molecule has 2 aromatic rings. The van der Waals surface area contributed by atoms with E-state index in [-0.39, 0.29) is 22.6 Å². The molecule has 10 nitrogen and oxygen atoms in total. The molecule has 0 aliphatic carbocycles. The maximum absolute atomic E-state index is 13.2. The molecule has 0 radical (unpaired) electrons. The molecule has 11 heteroatoms. The number of likely N-dealkylation sites (tertiary alicyclic amines) is 1. The fourth-order valence-corrected chi connectivity index (χ4v) is 4.36. The smallest absolute Gasteiger partial charge is 0.292 e. The Kier molecular flexibility index (Phi) is 6.43. The molecule has 0 bridgehead atoms. The first kappa shape index (κ1) is 22.2. The van der Waals surface area contributed by atoms with E-state index in [9.17, 15) is 14.9 Å². The monoisotopic (exact) mass is 459 g/mol. The Hall–Kier alpha value is -2.98. The number of rotatable bonds is 6. The Bertz CT molecular complexity index is 1000. The minimum absolute atomic E-state index is 0.0251. The van der Waals surface area contributed by atoms with Crippen LogP contribution in [0.25, 0.3) is 0 Å². The molecule has 2 fully saturated rings. The molecule has 3 heterocycles. The van der Waals surface area contributed by atoms with Crippen LogP contribution in [-0.4, -0.2) is 83.0 Å². The van der Waals surface area contributed by atoms with E-state index in [0.29, 0.717) is 47.9 Å². The van der Waals surface area contributed by atoms with Gasteiger partial charge in [-0.1, -0.05) is 11.6 Å². The molecule has 32 heavy (non-hydrogen) atoms. The standard InChI is InChI=1S/C21H26ClN7O3/c1-26(2)17-6-8-27(13-17)19-9-14(3-4-18(19)29(31)32)20(30)28-7-5-16(12-28)25-21-23-10-15(22)11-24-21/h3-4,9-11,16-17H,5-8,12-13H2,1-2H3,(H,23,24,25)/t16-,17?/m1/s1. The first-order valence-corrected chi connectivity index (χ1v) is 10.9. The molecule has 2 aliphatic heterocycles. The molecular formula is C21H26ClN7O3. The van der Waals surface area contributed by atoms with Gasteiger partial charge in [-0.25, -0.2) is 9.97 Å². The zero-order valence-corrected chi connectivity index (χ0v) is 18.8. The van der Waals surface area contributed by atoms with E-state index in [0.717, 1.165) is 19.4 Å². The number of nitro benzene ring substituents is 1. The molecule has 170 valence electrons. The number of nitrogens with zero attached hydrogens (tertiary/aromatic N) is 6. The third-order valence-electron chi connectivity index (χ3n) is 6.08. The van der Waals surface area contributed by atoms with Gasteiger partial charge in [-0.2, -0.15) is 0 Å². The Balaban J connectivity index is 1.48. The number of benzene rings is 1. The average Bonchev–Trinajstić information content (AvgIpc) is 3.44. The average molecular weight is 460 g/mol. The van der Waals surface area contributed by atoms with Gasteiger partial charge >= 0.3 is 0 Å². The predicted octanol–water partition coefficient (Wildman–Crippen LogP) is 2.51. The summed E-state index contributed by atoms with van der Waals surface area (Å²) in [4.78, 5) is 38.6. The van der Waals surface area contributed by atoms with Crippen molar-refractivity contribution in [3.8, 4) is 0 Å². The van der Waals surface area contributed by atoms with Crippen LogP contribution in [0.4, 0.5) is 17.3 Å². The Morgan fingerprint density at radius 3 is 2.62 bits per heavy atom. The number of carbonyl (C=O) groups excluding carboxylic acids is 1. The first-order chi connectivity index (χ1) is 15.3. The lowest BCUT2D eigenvalue weighted by atomic mass is 10.1. The van der Waals surface area contributed by atoms with Crippen LogP contribution in [0.1, 0.15) is 23.2 Å². The summed E-state index contributed by atoms with van der Waals surface area (Å²) in [7, 11) is 4.02. The molecule has 0 spiro atoms. The van der Waals surface area contributed by atoms with Crippen LogP contribution >= 0.6 is 11.6 Å². The molecular weight excluding hydrogens is 434 g/mol. The number of likely N-dealkylation sites (N-methyl/N-ethyl adjacent to an activating group) is 1. The first-order valence-electron chi connectivity index (χ1n) is 10.5. The summed E-state index contributed by atoms with van der Waals surface area (Å²) in [5.41, 5.74) is 0.998. The maximum Gasteiger partial charge on any atom is 0.292 e. The lowest BCUT2D eigenvalue weighted by Crippen LogP contribution is -2.33. The van der Waals surface area contributed by atoms with Gasteiger partial charge < -0.3 is 20.0 Å². The molecule has 1 aromatic heterocycles. The maximum atomic E-state index is 13.2. The number of nitrogens with one attached hydrogen (secondary N) is 1. The van der Waals surface area contributed by atoms with E-state index in [4.69, 9.17) is 11.6 Å². The van der Waals surface area contributed by atoms with Gasteiger partial charge in [0.1, 0.15) is 5.69 Å². The topological polar surface area (TPSA) is 108 Å². The molecule has 0 saturated carbocycles. The molecule has 2 saturated heterocycles. The molecule has 1 amide bonds. The number of aromatic nitrogens is 2. The SMILES string of the molecule is CN(C)C1CCN(c2cc(C(=O)N3CC[C@@H](Nc4ncc(Cl)cn4)C3)ccc2[N+](=O)[O-])C1. The van der Waals surface area contributed by atoms with Crippen LogP contribution in [0.2, 0.25) is 5.02 Å². The number of hydrogen-bond donors (Lipinski definition) is 1. The predicted molar refractivity (Wildman–Crippen MR) is 122 cm³/mol. The quantitative estimate of drug-likeness (QED) is 0.518. The van der Waals surface area contributed by atoms with Crippen LogP contribution in [0.5, 0.6) is 0 Å². The van der Waals surface area contributed by atoms with Gasteiger partial charge in [0.05, 0.1) is 22.3 Å². The highest BCUT2D eigenvalue weighted by molar-refractivity contribution is 6.30. The molecule has 2 atom stereocenters. The van der Waals surface area contributed by atoms with Crippen molar-refractivity contribution in [3.05, 3.63) is 51.3 Å². The number of nitro groups is 1. The highest BCUT2D eigenvalue weighted by Gasteiger charge is 2.32. The molecule has 1 unspecified atom stereocenters. The minimum atomic E-state index is -0.380. The van der Waals surface area contributed by atoms with E-state index in [2.05, 4.69) is 20.2 Å². The summed E-state index contributed by atoms with van der Waals surface area (Å²) < 4.78 is 0. The molecule has 4 rings (SSSR count). The van der Waals surface area contributed by atoms with E-state index in [1.807, 2.05) is 19.0 Å². The number of amides is 1. The minimum Gasteiger partial charge on any atom is -0.364 e. The second-order valence-electron chi connectivity index (χ2n) is 8.42. The van der Waals surface area contributed by atoms with Gasteiger partial charge in [0.25, 0.3) is 11.6 Å². The van der Waals surface area contributed by atoms with Gasteiger partial charge in [-0.15, -0.1) is 0 Å². The molecule has 1 aromatic carbocycles. The van der Waals surface area contributed by atoms with Crippen LogP contribution in [0, 0.1) is 10.1 Å². The summed E-state index contributed by atoms with van der Waals surface area (Å²) in [5.74, 6) is 0.335. The summed E-state index contributed by atoms with van der Waals surface area (Å²) in [6.45, 7) is 2.51. The lowest BCUT2D eigenvalue weighted by molar-refractivity contribution is -0.384. The van der Waals surface area contributed by atoms with Crippen molar-refractivity contribution >= 4 is 34.8 Å². The van der Waals surface area contributed by atoms with Crippen LogP contribution < -0.4 is 10.2 Å². The van der Waals surface area contributed by atoms with Crippen molar-refractivity contribution in [2.75, 3.05) is 50.5 Å². The highest BCUT2D eigenvalue weighted by atomic mass is 35.5. The fraction of sp³-hybridized carbons (Fsp3) is 0.476. The third kappa shape index (κ3) is 4.76. The van der Waals surface area contributed by atoms with Gasteiger partial charge in [0, 0.05) is 49.9 Å². The van der Waals surface area contributed by atoms with Crippen molar-refractivity contribution in [2.45, 2.75) is 24.9 Å². The molecule has 2 aliphatic rings. The lowest BCUT2D eigenvalue weighted by Gasteiger charge is -2.23. The molecule has 1 N–H and O–H groups in total. The van der Waals surface area contributed by atoms with Crippen LogP contribution in [0.15, 0.2) is 30.6 Å². The Morgan fingerprint density at radius 2 is 1.97 bits per heavy atom. The van der Waals surface area contributed by atoms with E-state index >= 15 is 0 Å². The summed E-state index contributed by atoms with van der Waals surface area (Å²) >= 11 is 5.82. The Morgan fingerprint density at radius 1 is 1.22 bits per heavy atom. The van der Waals surface area contributed by atoms with Gasteiger partial charge in [-0.3, -0.25) is 14.9 Å². The van der Waals surface area contributed by atoms with Gasteiger partial charge in [0.2, 0.25) is 5.95 Å².